The second-order valence-corrected chi connectivity index (χ2v) is 4.50. The molecule has 0 spiro atoms. The lowest BCUT2D eigenvalue weighted by molar-refractivity contribution is -0.114. The number of carbonyl (C=O) groups excluding carboxylic acids is 1. The van der Waals surface area contributed by atoms with Crippen molar-refractivity contribution in [2.45, 2.75) is 39.3 Å². The number of aliphatic hydroxyl groups excluding tert-OH is 1. The van der Waals surface area contributed by atoms with Gasteiger partial charge < -0.3 is 15.7 Å². The van der Waals surface area contributed by atoms with E-state index < -0.39 is 0 Å². The molecule has 0 aliphatic carbocycles. The van der Waals surface area contributed by atoms with Crippen LogP contribution in [0.1, 0.15) is 38.8 Å². The van der Waals surface area contributed by atoms with Gasteiger partial charge in [-0.3, -0.25) is 4.79 Å². The highest BCUT2D eigenvalue weighted by Crippen LogP contribution is 2.17. The van der Waals surface area contributed by atoms with Gasteiger partial charge in [-0.25, -0.2) is 0 Å². The SMILES string of the molecule is CCC(O)CNC(C)c1cccc(NC(C)=O)c1. The van der Waals surface area contributed by atoms with E-state index >= 15 is 0 Å². The number of benzene rings is 1. The molecular weight excluding hydrogens is 228 g/mol. The monoisotopic (exact) mass is 250 g/mol. The van der Waals surface area contributed by atoms with Crippen LogP contribution in [0.5, 0.6) is 0 Å². The van der Waals surface area contributed by atoms with Gasteiger partial charge in [0.05, 0.1) is 6.10 Å². The Hall–Kier alpha value is -1.39. The summed E-state index contributed by atoms with van der Waals surface area (Å²) in [5, 5.41) is 15.5. The molecule has 1 aromatic rings. The molecule has 18 heavy (non-hydrogen) atoms. The van der Waals surface area contributed by atoms with Gasteiger partial charge in [-0.2, -0.15) is 0 Å². The third kappa shape index (κ3) is 4.85. The van der Waals surface area contributed by atoms with Crippen molar-refractivity contribution in [1.29, 1.82) is 0 Å². The highest BCUT2D eigenvalue weighted by molar-refractivity contribution is 5.88. The Labute approximate surface area is 108 Å². The van der Waals surface area contributed by atoms with Crippen molar-refractivity contribution in [1.82, 2.24) is 5.32 Å². The zero-order chi connectivity index (χ0) is 13.5. The van der Waals surface area contributed by atoms with Crippen molar-refractivity contribution in [2.24, 2.45) is 0 Å². The number of hydrogen-bond acceptors (Lipinski definition) is 3. The van der Waals surface area contributed by atoms with Crippen LogP contribution in [0, 0.1) is 0 Å². The maximum Gasteiger partial charge on any atom is 0.221 e. The van der Waals surface area contributed by atoms with Crippen molar-refractivity contribution in [3.63, 3.8) is 0 Å². The molecule has 0 radical (unpaired) electrons. The predicted molar refractivity (Wildman–Crippen MR) is 73.5 cm³/mol. The van der Waals surface area contributed by atoms with Crippen LogP contribution in [-0.2, 0) is 4.79 Å². The summed E-state index contributed by atoms with van der Waals surface area (Å²) in [7, 11) is 0. The van der Waals surface area contributed by atoms with Crippen molar-refractivity contribution >= 4 is 11.6 Å². The summed E-state index contributed by atoms with van der Waals surface area (Å²) < 4.78 is 0. The van der Waals surface area contributed by atoms with Gasteiger partial charge in [0.2, 0.25) is 5.91 Å². The second kappa shape index (κ2) is 7.13. The lowest BCUT2D eigenvalue weighted by Crippen LogP contribution is -2.28. The van der Waals surface area contributed by atoms with E-state index in [1.165, 1.54) is 6.92 Å². The molecule has 1 amide bonds. The summed E-state index contributed by atoms with van der Waals surface area (Å²) in [4.78, 5) is 11.0. The molecule has 1 rings (SSSR count). The molecule has 0 aliphatic heterocycles. The Kier molecular flexibility index (Phi) is 5.82. The number of anilines is 1. The molecular formula is C14H22N2O2. The topological polar surface area (TPSA) is 61.4 Å². The standard InChI is InChI=1S/C14H22N2O2/c1-4-14(18)9-15-10(2)12-6-5-7-13(8-12)16-11(3)17/h5-8,10,14-15,18H,4,9H2,1-3H3,(H,16,17). The lowest BCUT2D eigenvalue weighted by atomic mass is 10.1. The fourth-order valence-corrected chi connectivity index (χ4v) is 1.66. The number of amides is 1. The van der Waals surface area contributed by atoms with Gasteiger partial charge >= 0.3 is 0 Å². The first kappa shape index (κ1) is 14.7. The first-order chi connectivity index (χ1) is 8.52. The second-order valence-electron chi connectivity index (χ2n) is 4.50. The van der Waals surface area contributed by atoms with Gasteiger partial charge in [-0.1, -0.05) is 19.1 Å². The first-order valence-corrected chi connectivity index (χ1v) is 6.32. The van der Waals surface area contributed by atoms with Crippen LogP contribution in [0.4, 0.5) is 5.69 Å². The molecule has 2 atom stereocenters. The van der Waals surface area contributed by atoms with Crippen molar-refractivity contribution in [2.75, 3.05) is 11.9 Å². The van der Waals surface area contributed by atoms with Gasteiger partial charge in [0, 0.05) is 25.2 Å². The van der Waals surface area contributed by atoms with E-state index in [-0.39, 0.29) is 18.1 Å². The Morgan fingerprint density at radius 1 is 1.44 bits per heavy atom. The van der Waals surface area contributed by atoms with Gasteiger partial charge in [0.25, 0.3) is 0 Å². The van der Waals surface area contributed by atoms with E-state index in [2.05, 4.69) is 10.6 Å². The molecule has 0 aliphatic rings. The summed E-state index contributed by atoms with van der Waals surface area (Å²) in [6.07, 6.45) is 0.428. The molecule has 1 aromatic carbocycles. The van der Waals surface area contributed by atoms with E-state index in [0.29, 0.717) is 6.54 Å². The largest absolute Gasteiger partial charge is 0.392 e. The van der Waals surface area contributed by atoms with Crippen LogP contribution in [0.15, 0.2) is 24.3 Å². The Morgan fingerprint density at radius 2 is 2.17 bits per heavy atom. The molecule has 4 heteroatoms. The van der Waals surface area contributed by atoms with Crippen molar-refractivity contribution in [3.05, 3.63) is 29.8 Å². The van der Waals surface area contributed by atoms with Crippen LogP contribution in [-0.4, -0.2) is 23.7 Å². The average Bonchev–Trinajstić information content (AvgIpc) is 2.35. The number of nitrogens with one attached hydrogen (secondary N) is 2. The van der Waals surface area contributed by atoms with Crippen LogP contribution in [0.25, 0.3) is 0 Å². The number of hydrogen-bond donors (Lipinski definition) is 3. The van der Waals surface area contributed by atoms with E-state index in [1.807, 2.05) is 38.1 Å². The predicted octanol–water partition coefficient (Wildman–Crippen LogP) is 2.07. The van der Waals surface area contributed by atoms with Crippen LogP contribution in [0.3, 0.4) is 0 Å². The Bertz CT molecular complexity index is 393. The smallest absolute Gasteiger partial charge is 0.221 e. The average molecular weight is 250 g/mol. The normalized spacial score (nSPS) is 14.0. The molecule has 0 aromatic heterocycles. The van der Waals surface area contributed by atoms with Gasteiger partial charge in [-0.05, 0) is 31.0 Å². The maximum absolute atomic E-state index is 11.0. The molecule has 0 bridgehead atoms. The number of carbonyl (C=O) groups is 1. The summed E-state index contributed by atoms with van der Waals surface area (Å²) in [6, 6.07) is 7.85. The van der Waals surface area contributed by atoms with Gasteiger partial charge in [0.15, 0.2) is 0 Å². The van der Waals surface area contributed by atoms with Crippen molar-refractivity contribution < 1.29 is 9.90 Å². The molecule has 0 saturated carbocycles. The Morgan fingerprint density at radius 3 is 2.78 bits per heavy atom. The first-order valence-electron chi connectivity index (χ1n) is 6.32. The third-order valence-electron chi connectivity index (χ3n) is 2.84. The molecule has 4 nitrogen and oxygen atoms in total. The molecule has 0 fully saturated rings. The third-order valence-corrected chi connectivity index (χ3v) is 2.84. The van der Waals surface area contributed by atoms with E-state index in [1.54, 1.807) is 0 Å². The summed E-state index contributed by atoms with van der Waals surface area (Å²) in [5.41, 5.74) is 1.88. The zero-order valence-electron chi connectivity index (χ0n) is 11.2. The molecule has 2 unspecified atom stereocenters. The minimum atomic E-state index is -0.314. The van der Waals surface area contributed by atoms with Crippen LogP contribution >= 0.6 is 0 Å². The van der Waals surface area contributed by atoms with Gasteiger partial charge in [-0.15, -0.1) is 0 Å². The molecule has 3 N–H and O–H groups in total. The zero-order valence-corrected chi connectivity index (χ0v) is 11.2. The van der Waals surface area contributed by atoms with Crippen molar-refractivity contribution in [3.8, 4) is 0 Å². The fourth-order valence-electron chi connectivity index (χ4n) is 1.66. The fraction of sp³-hybridized carbons (Fsp3) is 0.500. The molecule has 100 valence electrons. The van der Waals surface area contributed by atoms with Crippen LogP contribution < -0.4 is 10.6 Å². The minimum absolute atomic E-state index is 0.0748. The molecule has 0 saturated heterocycles. The summed E-state index contributed by atoms with van der Waals surface area (Å²) in [5.74, 6) is -0.0748. The number of aliphatic hydroxyl groups is 1. The van der Waals surface area contributed by atoms with E-state index in [9.17, 15) is 9.90 Å². The quantitative estimate of drug-likeness (QED) is 0.724. The van der Waals surface area contributed by atoms with Crippen LogP contribution in [0.2, 0.25) is 0 Å². The van der Waals surface area contributed by atoms with E-state index in [0.717, 1.165) is 17.7 Å². The highest BCUT2D eigenvalue weighted by atomic mass is 16.3. The maximum atomic E-state index is 11.0. The summed E-state index contributed by atoms with van der Waals surface area (Å²) >= 11 is 0. The summed E-state index contributed by atoms with van der Waals surface area (Å²) in [6.45, 7) is 6.05. The number of rotatable bonds is 6. The molecule has 0 heterocycles. The highest BCUT2D eigenvalue weighted by Gasteiger charge is 2.08. The Balaban J connectivity index is 2.62. The van der Waals surface area contributed by atoms with E-state index in [4.69, 9.17) is 0 Å². The minimum Gasteiger partial charge on any atom is -0.392 e. The lowest BCUT2D eigenvalue weighted by Gasteiger charge is -2.17. The van der Waals surface area contributed by atoms with Gasteiger partial charge in [0.1, 0.15) is 0 Å².